The highest BCUT2D eigenvalue weighted by molar-refractivity contribution is 5.91. The summed E-state index contributed by atoms with van der Waals surface area (Å²) in [5.41, 5.74) is 2.35. The molecule has 0 N–H and O–H groups in total. The Kier molecular flexibility index (Phi) is 4.96. The average molecular weight is 308 g/mol. The number of anilines is 1. The summed E-state index contributed by atoms with van der Waals surface area (Å²) in [7, 11) is 1.85. The van der Waals surface area contributed by atoms with E-state index in [-0.39, 0.29) is 6.03 Å². The zero-order valence-corrected chi connectivity index (χ0v) is 13.7. The first-order valence-electron chi connectivity index (χ1n) is 8.35. The van der Waals surface area contributed by atoms with Crippen LogP contribution in [0.1, 0.15) is 18.4 Å². The molecule has 1 saturated heterocycles. The molecular weight excluding hydrogens is 284 g/mol. The lowest BCUT2D eigenvalue weighted by Crippen LogP contribution is -2.45. The standard InChI is InChI=1S/C20H24N2O/c1-21(19-10-6-3-7-11-19)20(23)22-14-12-18(13-15-22)16-17-8-4-2-5-9-17/h2-11,18H,12-16H2,1H3. The van der Waals surface area contributed by atoms with Crippen LogP contribution in [0.15, 0.2) is 60.7 Å². The summed E-state index contributed by atoms with van der Waals surface area (Å²) < 4.78 is 0. The Hall–Kier alpha value is -2.29. The fraction of sp³-hybridized carbons (Fsp3) is 0.350. The molecule has 120 valence electrons. The Balaban J connectivity index is 1.53. The zero-order chi connectivity index (χ0) is 16.1. The van der Waals surface area contributed by atoms with Crippen LogP contribution in [0.25, 0.3) is 0 Å². The first-order chi connectivity index (χ1) is 11.2. The number of hydrogen-bond donors (Lipinski definition) is 0. The number of hydrogen-bond acceptors (Lipinski definition) is 1. The van der Waals surface area contributed by atoms with Crippen LogP contribution in [-0.4, -0.2) is 31.1 Å². The molecule has 3 heteroatoms. The Labute approximate surface area is 138 Å². The van der Waals surface area contributed by atoms with Crippen molar-refractivity contribution in [2.75, 3.05) is 25.0 Å². The summed E-state index contributed by atoms with van der Waals surface area (Å²) in [4.78, 5) is 16.3. The first kappa shape index (κ1) is 15.6. The van der Waals surface area contributed by atoms with Gasteiger partial charge in [-0.2, -0.15) is 0 Å². The van der Waals surface area contributed by atoms with Gasteiger partial charge in [0.25, 0.3) is 0 Å². The molecule has 3 rings (SSSR count). The topological polar surface area (TPSA) is 23.6 Å². The molecule has 3 nitrogen and oxygen atoms in total. The van der Waals surface area contributed by atoms with E-state index in [0.29, 0.717) is 5.92 Å². The van der Waals surface area contributed by atoms with E-state index in [1.165, 1.54) is 5.56 Å². The fourth-order valence-electron chi connectivity index (χ4n) is 3.25. The molecule has 0 aliphatic carbocycles. The maximum Gasteiger partial charge on any atom is 0.324 e. The maximum absolute atomic E-state index is 12.6. The highest BCUT2D eigenvalue weighted by atomic mass is 16.2. The third kappa shape index (κ3) is 3.92. The van der Waals surface area contributed by atoms with Crippen molar-refractivity contribution in [3.05, 3.63) is 66.2 Å². The third-order valence-corrected chi connectivity index (χ3v) is 4.68. The Morgan fingerprint density at radius 3 is 2.17 bits per heavy atom. The van der Waals surface area contributed by atoms with Crippen molar-refractivity contribution in [3.8, 4) is 0 Å². The number of benzene rings is 2. The molecule has 1 aliphatic heterocycles. The van der Waals surface area contributed by atoms with Gasteiger partial charge in [0, 0.05) is 25.8 Å². The minimum absolute atomic E-state index is 0.106. The number of urea groups is 1. The third-order valence-electron chi connectivity index (χ3n) is 4.68. The second-order valence-electron chi connectivity index (χ2n) is 6.30. The maximum atomic E-state index is 12.6. The van der Waals surface area contributed by atoms with Crippen LogP contribution in [0.2, 0.25) is 0 Å². The van der Waals surface area contributed by atoms with Gasteiger partial charge >= 0.3 is 6.03 Å². The van der Waals surface area contributed by atoms with Crippen LogP contribution in [0.3, 0.4) is 0 Å². The van der Waals surface area contributed by atoms with E-state index >= 15 is 0 Å². The molecule has 2 amide bonds. The summed E-state index contributed by atoms with van der Waals surface area (Å²) in [6.07, 6.45) is 3.30. The first-order valence-corrected chi connectivity index (χ1v) is 8.35. The number of rotatable bonds is 3. The number of carbonyl (C=O) groups excluding carboxylic acids is 1. The van der Waals surface area contributed by atoms with Gasteiger partial charge in [0.15, 0.2) is 0 Å². The molecule has 23 heavy (non-hydrogen) atoms. The van der Waals surface area contributed by atoms with Crippen molar-refractivity contribution >= 4 is 11.7 Å². The predicted molar refractivity (Wildman–Crippen MR) is 94.7 cm³/mol. The van der Waals surface area contributed by atoms with Crippen molar-refractivity contribution < 1.29 is 4.79 Å². The molecule has 0 unspecified atom stereocenters. The minimum atomic E-state index is 0.106. The van der Waals surface area contributed by atoms with Crippen molar-refractivity contribution in [2.45, 2.75) is 19.3 Å². The van der Waals surface area contributed by atoms with Gasteiger partial charge in [0.2, 0.25) is 0 Å². The normalized spacial score (nSPS) is 15.4. The van der Waals surface area contributed by atoms with Gasteiger partial charge in [-0.1, -0.05) is 48.5 Å². The van der Waals surface area contributed by atoms with Gasteiger partial charge < -0.3 is 4.90 Å². The monoisotopic (exact) mass is 308 g/mol. The van der Waals surface area contributed by atoms with Crippen LogP contribution in [0.4, 0.5) is 10.5 Å². The molecule has 0 radical (unpaired) electrons. The van der Waals surface area contributed by atoms with Gasteiger partial charge in [0.1, 0.15) is 0 Å². The molecule has 0 bridgehead atoms. The Morgan fingerprint density at radius 2 is 1.57 bits per heavy atom. The van der Waals surface area contributed by atoms with Gasteiger partial charge in [-0.25, -0.2) is 4.79 Å². The quantitative estimate of drug-likeness (QED) is 0.833. The van der Waals surface area contributed by atoms with Gasteiger partial charge in [0.05, 0.1) is 0 Å². The highest BCUT2D eigenvalue weighted by Crippen LogP contribution is 2.23. The number of para-hydroxylation sites is 1. The smallest absolute Gasteiger partial charge is 0.324 e. The van der Waals surface area contributed by atoms with Crippen molar-refractivity contribution in [1.82, 2.24) is 4.90 Å². The molecule has 0 aromatic heterocycles. The predicted octanol–water partition coefficient (Wildman–Crippen LogP) is 4.20. The number of amides is 2. The number of likely N-dealkylation sites (tertiary alicyclic amines) is 1. The van der Waals surface area contributed by atoms with E-state index in [2.05, 4.69) is 30.3 Å². The molecule has 2 aromatic carbocycles. The average Bonchev–Trinajstić information content (AvgIpc) is 2.63. The molecule has 0 atom stereocenters. The fourth-order valence-corrected chi connectivity index (χ4v) is 3.25. The zero-order valence-electron chi connectivity index (χ0n) is 13.7. The van der Waals surface area contributed by atoms with Crippen molar-refractivity contribution in [1.29, 1.82) is 0 Å². The van der Waals surface area contributed by atoms with E-state index in [9.17, 15) is 4.79 Å². The Bertz CT molecular complexity index is 619. The summed E-state index contributed by atoms with van der Waals surface area (Å²) in [6.45, 7) is 1.71. The van der Waals surface area contributed by atoms with Crippen LogP contribution in [-0.2, 0) is 6.42 Å². The van der Waals surface area contributed by atoms with E-state index in [4.69, 9.17) is 0 Å². The largest absolute Gasteiger partial charge is 0.324 e. The van der Waals surface area contributed by atoms with Crippen LogP contribution in [0.5, 0.6) is 0 Å². The highest BCUT2D eigenvalue weighted by Gasteiger charge is 2.25. The van der Waals surface area contributed by atoms with Crippen molar-refractivity contribution in [2.24, 2.45) is 5.92 Å². The SMILES string of the molecule is CN(C(=O)N1CCC(Cc2ccccc2)CC1)c1ccccc1. The number of carbonyl (C=O) groups is 1. The molecule has 2 aromatic rings. The van der Waals surface area contributed by atoms with Crippen LogP contribution >= 0.6 is 0 Å². The lowest BCUT2D eigenvalue weighted by molar-refractivity contribution is 0.177. The van der Waals surface area contributed by atoms with E-state index < -0.39 is 0 Å². The summed E-state index contributed by atoms with van der Waals surface area (Å²) in [5.74, 6) is 0.684. The molecule has 1 fully saturated rings. The van der Waals surface area contributed by atoms with Gasteiger partial charge in [-0.3, -0.25) is 4.90 Å². The molecule has 0 spiro atoms. The second kappa shape index (κ2) is 7.32. The molecule has 1 heterocycles. The van der Waals surface area contributed by atoms with Crippen LogP contribution in [0, 0.1) is 5.92 Å². The summed E-state index contributed by atoms with van der Waals surface area (Å²) >= 11 is 0. The van der Waals surface area contributed by atoms with Crippen LogP contribution < -0.4 is 4.90 Å². The summed E-state index contributed by atoms with van der Waals surface area (Å²) in [5, 5.41) is 0. The Morgan fingerprint density at radius 1 is 1.00 bits per heavy atom. The van der Waals surface area contributed by atoms with Gasteiger partial charge in [-0.05, 0) is 42.9 Å². The second-order valence-corrected chi connectivity index (χ2v) is 6.30. The number of nitrogens with zero attached hydrogens (tertiary/aromatic N) is 2. The van der Waals surface area contributed by atoms with Gasteiger partial charge in [-0.15, -0.1) is 0 Å². The van der Waals surface area contributed by atoms with E-state index in [0.717, 1.165) is 38.0 Å². The van der Waals surface area contributed by atoms with E-state index in [1.54, 1.807) is 4.90 Å². The molecule has 1 aliphatic rings. The van der Waals surface area contributed by atoms with E-state index in [1.807, 2.05) is 42.3 Å². The number of piperidine rings is 1. The lowest BCUT2D eigenvalue weighted by Gasteiger charge is -2.34. The minimum Gasteiger partial charge on any atom is -0.324 e. The lowest BCUT2D eigenvalue weighted by atomic mass is 9.90. The summed E-state index contributed by atoms with van der Waals surface area (Å²) in [6, 6.07) is 20.6. The van der Waals surface area contributed by atoms with Crippen molar-refractivity contribution in [3.63, 3.8) is 0 Å². The molecular formula is C20H24N2O. The molecule has 0 saturated carbocycles.